The van der Waals surface area contributed by atoms with Crippen LogP contribution in [0.4, 0.5) is 5.82 Å². The van der Waals surface area contributed by atoms with Gasteiger partial charge in [-0.15, -0.1) is 0 Å². The molecule has 5 rings (SSSR count). The van der Waals surface area contributed by atoms with Crippen molar-refractivity contribution in [2.24, 2.45) is 0 Å². The number of para-hydroxylation sites is 1. The summed E-state index contributed by atoms with van der Waals surface area (Å²) >= 11 is 0. The first-order valence-corrected chi connectivity index (χ1v) is 11.1. The quantitative estimate of drug-likeness (QED) is 0.428. The predicted molar refractivity (Wildman–Crippen MR) is 134 cm³/mol. The van der Waals surface area contributed by atoms with Crippen LogP contribution < -0.4 is 10.5 Å². The molecule has 0 unspecified atom stereocenters. The maximum Gasteiger partial charge on any atom is 0.263 e. The molecule has 3 aromatic heterocycles. The Kier molecular flexibility index (Phi) is 6.22. The summed E-state index contributed by atoms with van der Waals surface area (Å²) in [5.41, 5.74) is 5.15. The molecule has 7 nitrogen and oxygen atoms in total. The normalized spacial score (nSPS) is 10.8. The summed E-state index contributed by atoms with van der Waals surface area (Å²) in [4.78, 5) is 31.7. The molecule has 0 atom stereocenters. The number of rotatable bonds is 4. The molecule has 0 fully saturated rings. The van der Waals surface area contributed by atoms with E-state index in [0.717, 1.165) is 44.6 Å². The van der Waals surface area contributed by atoms with Crippen LogP contribution >= 0.6 is 0 Å². The molecule has 0 bridgehead atoms. The van der Waals surface area contributed by atoms with Crippen molar-refractivity contribution in [1.29, 1.82) is 0 Å². The Hall–Kier alpha value is -4.00. The Morgan fingerprint density at radius 2 is 1.73 bits per heavy atom. The van der Waals surface area contributed by atoms with Crippen molar-refractivity contribution in [3.8, 4) is 5.69 Å². The second kappa shape index (κ2) is 9.24. The van der Waals surface area contributed by atoms with Crippen LogP contribution in [0.5, 0.6) is 0 Å². The van der Waals surface area contributed by atoms with E-state index in [9.17, 15) is 4.79 Å². The van der Waals surface area contributed by atoms with Crippen LogP contribution in [0, 0.1) is 13.8 Å². The number of H-pyrrole nitrogens is 1. The standard InChI is InChI=1S/C24H22N6O.C2H6/c1-15-7-4-5-10-19(15)30-18(11-17-9-6-8-16(2)20(17)24(30)31)12-29(3)23-21-22(26-13-25-21)27-14-28-23;1-2/h4-11,13-14H,12H2,1-3H3,(H,25,26,27,28);1-2H3. The highest BCUT2D eigenvalue weighted by molar-refractivity contribution is 5.86. The molecule has 2 aromatic carbocycles. The molecule has 0 aliphatic rings. The van der Waals surface area contributed by atoms with Gasteiger partial charge in [0.05, 0.1) is 23.9 Å². The number of fused-ring (bicyclic) bond motifs is 2. The van der Waals surface area contributed by atoms with E-state index < -0.39 is 0 Å². The molecular weight excluding hydrogens is 412 g/mol. The number of hydrogen-bond donors (Lipinski definition) is 1. The molecule has 3 heterocycles. The number of anilines is 1. The van der Waals surface area contributed by atoms with Crippen molar-refractivity contribution in [1.82, 2.24) is 24.5 Å². The minimum absolute atomic E-state index is 0.0114. The maximum atomic E-state index is 13.7. The van der Waals surface area contributed by atoms with Gasteiger partial charge in [-0.3, -0.25) is 9.36 Å². The van der Waals surface area contributed by atoms with E-state index in [0.29, 0.717) is 12.2 Å². The molecule has 7 heteroatoms. The van der Waals surface area contributed by atoms with Crippen molar-refractivity contribution in [2.45, 2.75) is 34.2 Å². The lowest BCUT2D eigenvalue weighted by Crippen LogP contribution is -2.28. The third-order valence-electron chi connectivity index (χ3n) is 5.65. The van der Waals surface area contributed by atoms with Crippen LogP contribution in [0.1, 0.15) is 30.7 Å². The SMILES string of the molecule is CC.Cc1ccccc1-n1c(CN(C)c2ncnc3nc[nH]c23)cc2cccc(C)c2c1=O. The van der Waals surface area contributed by atoms with Gasteiger partial charge in [0.2, 0.25) is 0 Å². The van der Waals surface area contributed by atoms with E-state index in [2.05, 4.69) is 26.0 Å². The number of benzene rings is 2. The van der Waals surface area contributed by atoms with Gasteiger partial charge in [-0.05, 0) is 42.5 Å². The second-order valence-electron chi connectivity index (χ2n) is 7.76. The van der Waals surface area contributed by atoms with E-state index in [1.165, 1.54) is 6.33 Å². The summed E-state index contributed by atoms with van der Waals surface area (Å²) in [6.45, 7) is 8.49. The van der Waals surface area contributed by atoms with Crippen LogP contribution in [0.15, 0.2) is 66.0 Å². The fourth-order valence-electron chi connectivity index (χ4n) is 4.14. The van der Waals surface area contributed by atoms with Gasteiger partial charge in [0, 0.05) is 12.7 Å². The Bertz CT molecular complexity index is 1480. The number of imidazole rings is 1. The van der Waals surface area contributed by atoms with Gasteiger partial charge in [0.15, 0.2) is 11.5 Å². The number of aryl methyl sites for hydroxylation is 2. The number of aromatic nitrogens is 5. The first-order valence-electron chi connectivity index (χ1n) is 11.1. The lowest BCUT2D eigenvalue weighted by atomic mass is 10.1. The van der Waals surface area contributed by atoms with E-state index >= 15 is 0 Å². The van der Waals surface area contributed by atoms with Crippen molar-refractivity contribution in [2.75, 3.05) is 11.9 Å². The minimum atomic E-state index is -0.0114. The molecule has 0 radical (unpaired) electrons. The molecule has 0 aliphatic heterocycles. The number of nitrogens with zero attached hydrogens (tertiary/aromatic N) is 5. The van der Waals surface area contributed by atoms with Crippen LogP contribution in [0.3, 0.4) is 0 Å². The highest BCUT2D eigenvalue weighted by atomic mass is 16.1. The Balaban J connectivity index is 0.00000126. The molecule has 0 aliphatic carbocycles. The summed E-state index contributed by atoms with van der Waals surface area (Å²) in [5.74, 6) is 0.732. The van der Waals surface area contributed by atoms with Crippen molar-refractivity contribution >= 4 is 27.8 Å². The Labute approximate surface area is 192 Å². The van der Waals surface area contributed by atoms with Gasteiger partial charge in [-0.25, -0.2) is 15.0 Å². The van der Waals surface area contributed by atoms with E-state index in [1.807, 2.05) is 86.7 Å². The lowest BCUT2D eigenvalue weighted by Gasteiger charge is -2.23. The van der Waals surface area contributed by atoms with Gasteiger partial charge in [0.1, 0.15) is 11.8 Å². The molecule has 0 amide bonds. The van der Waals surface area contributed by atoms with Crippen molar-refractivity contribution in [3.05, 3.63) is 88.4 Å². The summed E-state index contributed by atoms with van der Waals surface area (Å²) in [6, 6.07) is 16.0. The molecular formula is C26H28N6O. The summed E-state index contributed by atoms with van der Waals surface area (Å²) in [7, 11) is 1.95. The van der Waals surface area contributed by atoms with E-state index in [1.54, 1.807) is 6.33 Å². The molecule has 168 valence electrons. The van der Waals surface area contributed by atoms with Crippen LogP contribution in [0.2, 0.25) is 0 Å². The average Bonchev–Trinajstić information content (AvgIpc) is 3.30. The van der Waals surface area contributed by atoms with Crippen LogP contribution in [-0.2, 0) is 6.54 Å². The molecule has 5 aromatic rings. The highest BCUT2D eigenvalue weighted by Crippen LogP contribution is 2.24. The zero-order valence-corrected chi connectivity index (χ0v) is 19.6. The average molecular weight is 441 g/mol. The van der Waals surface area contributed by atoms with Gasteiger partial charge >= 0.3 is 0 Å². The monoisotopic (exact) mass is 440 g/mol. The first kappa shape index (κ1) is 22.2. The van der Waals surface area contributed by atoms with Crippen LogP contribution in [-0.4, -0.2) is 31.6 Å². The third-order valence-corrected chi connectivity index (χ3v) is 5.65. The zero-order chi connectivity index (χ0) is 23.5. The van der Waals surface area contributed by atoms with Gasteiger partial charge in [-0.1, -0.05) is 50.2 Å². The Morgan fingerprint density at radius 1 is 0.970 bits per heavy atom. The number of pyridine rings is 1. The molecule has 0 saturated heterocycles. The van der Waals surface area contributed by atoms with Gasteiger partial charge in [0.25, 0.3) is 5.56 Å². The van der Waals surface area contributed by atoms with Gasteiger partial charge in [-0.2, -0.15) is 0 Å². The van der Waals surface area contributed by atoms with E-state index in [4.69, 9.17) is 0 Å². The van der Waals surface area contributed by atoms with Crippen molar-refractivity contribution < 1.29 is 0 Å². The third kappa shape index (κ3) is 3.98. The second-order valence-corrected chi connectivity index (χ2v) is 7.76. The summed E-state index contributed by atoms with van der Waals surface area (Å²) in [5, 5.41) is 1.68. The molecule has 0 saturated carbocycles. The number of nitrogens with one attached hydrogen (secondary N) is 1. The Morgan fingerprint density at radius 3 is 2.52 bits per heavy atom. The molecule has 33 heavy (non-hydrogen) atoms. The summed E-state index contributed by atoms with van der Waals surface area (Å²) < 4.78 is 1.83. The number of aromatic amines is 1. The zero-order valence-electron chi connectivity index (χ0n) is 19.6. The topological polar surface area (TPSA) is 79.7 Å². The van der Waals surface area contributed by atoms with E-state index in [-0.39, 0.29) is 5.56 Å². The van der Waals surface area contributed by atoms with Crippen LogP contribution in [0.25, 0.3) is 27.6 Å². The minimum Gasteiger partial charge on any atom is -0.352 e. The smallest absolute Gasteiger partial charge is 0.263 e. The highest BCUT2D eigenvalue weighted by Gasteiger charge is 2.17. The van der Waals surface area contributed by atoms with Crippen molar-refractivity contribution in [3.63, 3.8) is 0 Å². The molecule has 1 N–H and O–H groups in total. The largest absolute Gasteiger partial charge is 0.352 e. The van der Waals surface area contributed by atoms with Gasteiger partial charge < -0.3 is 9.88 Å². The lowest BCUT2D eigenvalue weighted by molar-refractivity contribution is 0.808. The fraction of sp³-hybridized carbons (Fsp3) is 0.231. The fourth-order valence-corrected chi connectivity index (χ4v) is 4.14. The predicted octanol–water partition coefficient (Wildman–Crippen LogP) is 4.94. The summed E-state index contributed by atoms with van der Waals surface area (Å²) in [6.07, 6.45) is 3.12. The molecule has 0 spiro atoms. The number of hydrogen-bond acceptors (Lipinski definition) is 5. The maximum absolute atomic E-state index is 13.7. The first-order chi connectivity index (χ1) is 16.0.